The summed E-state index contributed by atoms with van der Waals surface area (Å²) < 4.78 is 5.10. The fourth-order valence-electron chi connectivity index (χ4n) is 1.78. The van der Waals surface area contributed by atoms with E-state index >= 15 is 0 Å². The highest BCUT2D eigenvalue weighted by atomic mass is 32.1. The van der Waals surface area contributed by atoms with Crippen LogP contribution in [0.25, 0.3) is 0 Å². The molecule has 0 aliphatic carbocycles. The molecule has 0 saturated carbocycles. The Hall–Kier alpha value is -2.19. The number of nitrogens with zero attached hydrogens (tertiary/aromatic N) is 1. The van der Waals surface area contributed by atoms with E-state index in [1.165, 1.54) is 19.3 Å². The van der Waals surface area contributed by atoms with Gasteiger partial charge in [0.1, 0.15) is 11.4 Å². The predicted molar refractivity (Wildman–Crippen MR) is 76.3 cm³/mol. The molecule has 112 valence electrons. The fourth-order valence-corrected chi connectivity index (χ4v) is 2.68. The lowest BCUT2D eigenvalue weighted by molar-refractivity contribution is -0.385. The van der Waals surface area contributed by atoms with Gasteiger partial charge in [0.15, 0.2) is 0 Å². The summed E-state index contributed by atoms with van der Waals surface area (Å²) in [7, 11) is 0. The lowest BCUT2D eigenvalue weighted by atomic mass is 10.0. The molecule has 0 aromatic carbocycles. The number of rotatable bonds is 5. The Labute approximate surface area is 124 Å². The average Bonchev–Trinajstić information content (AvgIpc) is 3.05. The summed E-state index contributed by atoms with van der Waals surface area (Å²) >= 11 is 1.04. The number of nitrogens with one attached hydrogen (secondary N) is 1. The molecule has 8 heteroatoms. The van der Waals surface area contributed by atoms with E-state index < -0.39 is 16.4 Å². The average molecular weight is 310 g/mol. The van der Waals surface area contributed by atoms with Crippen molar-refractivity contribution in [2.45, 2.75) is 19.4 Å². The van der Waals surface area contributed by atoms with Crippen LogP contribution in [0.3, 0.4) is 0 Å². The van der Waals surface area contributed by atoms with Crippen LogP contribution in [0.5, 0.6) is 0 Å². The topological polar surface area (TPSA) is 106 Å². The molecule has 1 unspecified atom stereocenters. The summed E-state index contributed by atoms with van der Waals surface area (Å²) in [6, 6.07) is 4.47. The minimum Gasteiger partial charge on any atom is -0.466 e. The number of hydrogen-bond donors (Lipinski definition) is 2. The molecule has 2 aromatic rings. The highest BCUT2D eigenvalue weighted by molar-refractivity contribution is 7.14. The summed E-state index contributed by atoms with van der Waals surface area (Å²) in [5.41, 5.74) is -1.43. The standard InChI is InChI=1S/C13H14N2O5S/c1-8-9(15(18)19)6-10(21-8)12(16)14-7-13(2,17)11-4-3-5-20-11/h3-6,17H,7H2,1-2H3,(H,14,16). The van der Waals surface area contributed by atoms with Crippen molar-refractivity contribution in [3.8, 4) is 0 Å². The maximum Gasteiger partial charge on any atom is 0.283 e. The van der Waals surface area contributed by atoms with E-state index in [0.29, 0.717) is 10.6 Å². The molecule has 0 saturated heterocycles. The lowest BCUT2D eigenvalue weighted by Crippen LogP contribution is -2.38. The third kappa shape index (κ3) is 3.29. The molecule has 0 bridgehead atoms. The summed E-state index contributed by atoms with van der Waals surface area (Å²) in [5, 5.41) is 23.5. The van der Waals surface area contributed by atoms with E-state index in [9.17, 15) is 20.0 Å². The minimum absolute atomic E-state index is 0.0654. The number of carbonyl (C=O) groups excluding carboxylic acids is 1. The molecular weight excluding hydrogens is 296 g/mol. The van der Waals surface area contributed by atoms with Crippen molar-refractivity contribution in [2.75, 3.05) is 6.54 Å². The van der Waals surface area contributed by atoms with E-state index in [1.54, 1.807) is 19.1 Å². The van der Waals surface area contributed by atoms with Gasteiger partial charge < -0.3 is 14.8 Å². The van der Waals surface area contributed by atoms with Gasteiger partial charge in [0.25, 0.3) is 11.6 Å². The van der Waals surface area contributed by atoms with Crippen LogP contribution in [0.15, 0.2) is 28.9 Å². The number of aryl methyl sites for hydroxylation is 1. The van der Waals surface area contributed by atoms with Gasteiger partial charge in [-0.1, -0.05) is 0 Å². The molecule has 0 aliphatic heterocycles. The zero-order chi connectivity index (χ0) is 15.6. The number of thiophene rings is 1. The van der Waals surface area contributed by atoms with Gasteiger partial charge in [-0.05, 0) is 26.0 Å². The van der Waals surface area contributed by atoms with Crippen LogP contribution in [0.2, 0.25) is 0 Å². The molecular formula is C13H14N2O5S. The molecule has 0 spiro atoms. The summed E-state index contributed by atoms with van der Waals surface area (Å²) in [6.45, 7) is 3.02. The molecule has 2 N–H and O–H groups in total. The number of furan rings is 1. The summed E-state index contributed by atoms with van der Waals surface area (Å²) in [6.07, 6.45) is 1.43. The van der Waals surface area contributed by atoms with E-state index in [2.05, 4.69) is 5.32 Å². The zero-order valence-electron chi connectivity index (χ0n) is 11.5. The molecule has 2 rings (SSSR count). The molecule has 0 aliphatic rings. The van der Waals surface area contributed by atoms with E-state index in [0.717, 1.165) is 11.3 Å². The molecule has 21 heavy (non-hydrogen) atoms. The van der Waals surface area contributed by atoms with Gasteiger partial charge >= 0.3 is 0 Å². The lowest BCUT2D eigenvalue weighted by Gasteiger charge is -2.20. The first kappa shape index (κ1) is 15.2. The molecule has 0 radical (unpaired) electrons. The van der Waals surface area contributed by atoms with Crippen LogP contribution < -0.4 is 5.32 Å². The number of nitro groups is 1. The largest absolute Gasteiger partial charge is 0.466 e. The van der Waals surface area contributed by atoms with Crippen molar-refractivity contribution in [1.29, 1.82) is 0 Å². The quantitative estimate of drug-likeness (QED) is 0.650. The second-order valence-electron chi connectivity index (χ2n) is 4.74. The zero-order valence-corrected chi connectivity index (χ0v) is 12.3. The van der Waals surface area contributed by atoms with Gasteiger partial charge in [-0.25, -0.2) is 0 Å². The SMILES string of the molecule is Cc1sc(C(=O)NCC(C)(O)c2ccco2)cc1[N+](=O)[O-]. The van der Waals surface area contributed by atoms with Crippen LogP contribution in [0, 0.1) is 17.0 Å². The second-order valence-corrected chi connectivity index (χ2v) is 6.00. The highest BCUT2D eigenvalue weighted by Crippen LogP contribution is 2.28. The first-order chi connectivity index (χ1) is 9.81. The maximum absolute atomic E-state index is 12.0. The van der Waals surface area contributed by atoms with Crippen molar-refractivity contribution in [3.63, 3.8) is 0 Å². The van der Waals surface area contributed by atoms with E-state index in [-0.39, 0.29) is 17.1 Å². The van der Waals surface area contributed by atoms with Crippen molar-refractivity contribution in [1.82, 2.24) is 5.32 Å². The van der Waals surface area contributed by atoms with Crippen LogP contribution in [-0.2, 0) is 5.60 Å². The second kappa shape index (κ2) is 5.66. The Morgan fingerprint density at radius 3 is 2.86 bits per heavy atom. The number of carbonyl (C=O) groups is 1. The van der Waals surface area contributed by atoms with Crippen molar-refractivity contribution in [2.24, 2.45) is 0 Å². The summed E-state index contributed by atoms with van der Waals surface area (Å²) in [5.74, 6) is -0.140. The summed E-state index contributed by atoms with van der Waals surface area (Å²) in [4.78, 5) is 22.9. The van der Waals surface area contributed by atoms with Gasteiger partial charge in [0, 0.05) is 6.07 Å². The molecule has 1 amide bonds. The van der Waals surface area contributed by atoms with E-state index in [1.807, 2.05) is 0 Å². The Morgan fingerprint density at radius 2 is 2.33 bits per heavy atom. The Balaban J connectivity index is 2.05. The van der Waals surface area contributed by atoms with Crippen molar-refractivity contribution < 1.29 is 19.2 Å². The molecule has 7 nitrogen and oxygen atoms in total. The third-order valence-electron chi connectivity index (χ3n) is 2.96. The first-order valence-corrected chi connectivity index (χ1v) is 6.92. The molecule has 0 fully saturated rings. The van der Waals surface area contributed by atoms with Crippen molar-refractivity contribution in [3.05, 3.63) is 50.1 Å². The maximum atomic E-state index is 12.0. The van der Waals surface area contributed by atoms with Gasteiger partial charge in [-0.15, -0.1) is 11.3 Å². The number of hydrogen-bond acceptors (Lipinski definition) is 6. The Kier molecular flexibility index (Phi) is 4.10. The Morgan fingerprint density at radius 1 is 1.62 bits per heavy atom. The fraction of sp³-hybridized carbons (Fsp3) is 0.308. The van der Waals surface area contributed by atoms with Crippen LogP contribution in [-0.4, -0.2) is 22.5 Å². The van der Waals surface area contributed by atoms with Crippen LogP contribution in [0.4, 0.5) is 5.69 Å². The molecule has 1 atom stereocenters. The third-order valence-corrected chi connectivity index (χ3v) is 4.00. The van der Waals surface area contributed by atoms with Crippen LogP contribution in [0.1, 0.15) is 27.2 Å². The minimum atomic E-state index is -1.35. The Bertz CT molecular complexity index is 660. The molecule has 2 heterocycles. The van der Waals surface area contributed by atoms with Gasteiger partial charge in [0.05, 0.1) is 27.5 Å². The number of aliphatic hydroxyl groups is 1. The van der Waals surface area contributed by atoms with E-state index in [4.69, 9.17) is 4.42 Å². The monoisotopic (exact) mass is 310 g/mol. The first-order valence-electron chi connectivity index (χ1n) is 6.10. The van der Waals surface area contributed by atoms with Crippen LogP contribution >= 0.6 is 11.3 Å². The smallest absolute Gasteiger partial charge is 0.283 e. The van der Waals surface area contributed by atoms with Gasteiger partial charge in [-0.2, -0.15) is 0 Å². The molecule has 2 aromatic heterocycles. The normalized spacial score (nSPS) is 13.7. The van der Waals surface area contributed by atoms with Gasteiger partial charge in [-0.3, -0.25) is 14.9 Å². The van der Waals surface area contributed by atoms with Gasteiger partial charge in [0.2, 0.25) is 0 Å². The van der Waals surface area contributed by atoms with Crippen molar-refractivity contribution >= 4 is 22.9 Å². The number of amides is 1. The predicted octanol–water partition coefficient (Wildman–Crippen LogP) is 2.20. The highest BCUT2D eigenvalue weighted by Gasteiger charge is 2.28.